The molecule has 2 nitrogen and oxygen atoms in total. The summed E-state index contributed by atoms with van der Waals surface area (Å²) >= 11 is 0. The Balaban J connectivity index is 2.24. The lowest BCUT2D eigenvalue weighted by molar-refractivity contribution is 0.0882. The first-order valence-electron chi connectivity index (χ1n) is 7.96. The van der Waals surface area contributed by atoms with Crippen LogP contribution >= 0.6 is 0 Å². The number of hydrogen-bond donors (Lipinski definition) is 1. The largest absolute Gasteiger partial charge is 0.496 e. The highest BCUT2D eigenvalue weighted by Crippen LogP contribution is 2.38. The Morgan fingerprint density at radius 1 is 1.05 bits per heavy atom. The van der Waals surface area contributed by atoms with Crippen LogP contribution in [-0.4, -0.2) is 12.2 Å². The summed E-state index contributed by atoms with van der Waals surface area (Å²) in [6.07, 6.45) is 8.36. The Morgan fingerprint density at radius 3 is 2.25 bits per heavy atom. The van der Waals surface area contributed by atoms with Crippen LogP contribution in [0.25, 0.3) is 0 Å². The molecule has 0 radical (unpaired) electrons. The number of methoxy groups -OCH3 is 1. The molecule has 1 aliphatic carbocycles. The Morgan fingerprint density at radius 2 is 1.65 bits per heavy atom. The fourth-order valence-corrected chi connectivity index (χ4v) is 3.53. The summed E-state index contributed by atoms with van der Waals surface area (Å²) in [6, 6.07) is 4.18. The first-order valence-corrected chi connectivity index (χ1v) is 7.96. The summed E-state index contributed by atoms with van der Waals surface area (Å²) in [6.45, 7) is 4.15. The quantitative estimate of drug-likeness (QED) is 0.866. The number of aliphatic hydroxyl groups excluding tert-OH is 1. The number of aryl methyl sites for hydroxylation is 2. The van der Waals surface area contributed by atoms with Crippen molar-refractivity contribution in [2.75, 3.05) is 7.11 Å². The summed E-state index contributed by atoms with van der Waals surface area (Å²) in [5, 5.41) is 10.9. The van der Waals surface area contributed by atoms with Crippen molar-refractivity contribution in [1.82, 2.24) is 0 Å². The van der Waals surface area contributed by atoms with Gasteiger partial charge in [0.05, 0.1) is 13.2 Å². The minimum Gasteiger partial charge on any atom is -0.496 e. The number of hydrogen-bond acceptors (Lipinski definition) is 2. The molecule has 0 spiro atoms. The molecular formula is C18H28O2. The Hall–Kier alpha value is -1.02. The van der Waals surface area contributed by atoms with E-state index >= 15 is 0 Å². The first-order chi connectivity index (χ1) is 9.63. The van der Waals surface area contributed by atoms with Crippen LogP contribution in [0.4, 0.5) is 0 Å². The SMILES string of the molecule is COc1cc(C)cc(C)c1C(O)C1CCCCCCC1. The summed E-state index contributed by atoms with van der Waals surface area (Å²) in [5.41, 5.74) is 3.34. The van der Waals surface area contributed by atoms with E-state index in [1.807, 2.05) is 6.07 Å². The highest BCUT2D eigenvalue weighted by molar-refractivity contribution is 5.44. The zero-order valence-corrected chi connectivity index (χ0v) is 13.1. The van der Waals surface area contributed by atoms with Gasteiger partial charge in [-0.05, 0) is 49.8 Å². The van der Waals surface area contributed by atoms with Crippen LogP contribution in [0.3, 0.4) is 0 Å². The van der Waals surface area contributed by atoms with Gasteiger partial charge in [0.25, 0.3) is 0 Å². The molecule has 112 valence electrons. The summed E-state index contributed by atoms with van der Waals surface area (Å²) in [7, 11) is 1.70. The molecule has 0 aliphatic heterocycles. The minimum atomic E-state index is -0.386. The zero-order valence-electron chi connectivity index (χ0n) is 13.1. The third kappa shape index (κ3) is 3.54. The van der Waals surface area contributed by atoms with Gasteiger partial charge in [-0.25, -0.2) is 0 Å². The molecule has 0 bridgehead atoms. The van der Waals surface area contributed by atoms with Crippen LogP contribution in [0, 0.1) is 19.8 Å². The van der Waals surface area contributed by atoms with E-state index in [1.54, 1.807) is 7.11 Å². The lowest BCUT2D eigenvalue weighted by atomic mass is 9.83. The van der Waals surface area contributed by atoms with Crippen molar-refractivity contribution in [3.8, 4) is 5.75 Å². The molecule has 1 aliphatic rings. The van der Waals surface area contributed by atoms with Gasteiger partial charge in [0.1, 0.15) is 5.75 Å². The number of ether oxygens (including phenoxy) is 1. The average molecular weight is 276 g/mol. The fourth-order valence-electron chi connectivity index (χ4n) is 3.53. The number of benzene rings is 1. The number of aliphatic hydroxyl groups is 1. The van der Waals surface area contributed by atoms with E-state index in [0.29, 0.717) is 5.92 Å². The standard InChI is InChI=1S/C18H28O2/c1-13-11-14(2)17(16(12-13)20-3)18(19)15-9-7-5-4-6-8-10-15/h11-12,15,18-19H,4-10H2,1-3H3. The van der Waals surface area contributed by atoms with E-state index in [2.05, 4.69) is 19.9 Å². The van der Waals surface area contributed by atoms with Gasteiger partial charge in [-0.2, -0.15) is 0 Å². The smallest absolute Gasteiger partial charge is 0.125 e. The third-order valence-electron chi connectivity index (χ3n) is 4.61. The topological polar surface area (TPSA) is 29.5 Å². The molecule has 1 aromatic rings. The van der Waals surface area contributed by atoms with E-state index in [1.165, 1.54) is 37.7 Å². The van der Waals surface area contributed by atoms with Gasteiger partial charge in [-0.15, -0.1) is 0 Å². The Kier molecular flexibility index (Phi) is 5.47. The first kappa shape index (κ1) is 15.4. The van der Waals surface area contributed by atoms with Crippen molar-refractivity contribution in [2.24, 2.45) is 5.92 Å². The third-order valence-corrected chi connectivity index (χ3v) is 4.61. The second kappa shape index (κ2) is 7.12. The van der Waals surface area contributed by atoms with Crippen molar-refractivity contribution in [3.05, 3.63) is 28.8 Å². The van der Waals surface area contributed by atoms with Crippen molar-refractivity contribution >= 4 is 0 Å². The lowest BCUT2D eigenvalue weighted by Crippen LogP contribution is -2.16. The molecule has 1 unspecified atom stereocenters. The molecule has 2 rings (SSSR count). The Bertz CT molecular complexity index is 431. The van der Waals surface area contributed by atoms with Gasteiger partial charge < -0.3 is 9.84 Å². The normalized spacial score (nSPS) is 19.2. The van der Waals surface area contributed by atoms with Crippen molar-refractivity contribution < 1.29 is 9.84 Å². The molecule has 0 amide bonds. The minimum absolute atomic E-state index is 0.380. The summed E-state index contributed by atoms with van der Waals surface area (Å²) < 4.78 is 5.51. The molecule has 1 saturated carbocycles. The summed E-state index contributed by atoms with van der Waals surface area (Å²) in [4.78, 5) is 0. The van der Waals surface area contributed by atoms with Crippen LogP contribution < -0.4 is 4.74 Å². The highest BCUT2D eigenvalue weighted by atomic mass is 16.5. The van der Waals surface area contributed by atoms with Gasteiger partial charge in [-0.1, -0.05) is 38.2 Å². The molecule has 1 fully saturated rings. The van der Waals surface area contributed by atoms with Crippen LogP contribution in [0.2, 0.25) is 0 Å². The van der Waals surface area contributed by atoms with E-state index < -0.39 is 0 Å². The lowest BCUT2D eigenvalue weighted by Gasteiger charge is -2.27. The molecule has 0 heterocycles. The van der Waals surface area contributed by atoms with Crippen LogP contribution in [0.15, 0.2) is 12.1 Å². The van der Waals surface area contributed by atoms with Crippen LogP contribution in [0.5, 0.6) is 5.75 Å². The van der Waals surface area contributed by atoms with Crippen molar-refractivity contribution in [2.45, 2.75) is 64.9 Å². The average Bonchev–Trinajstić information content (AvgIpc) is 2.36. The van der Waals surface area contributed by atoms with Gasteiger partial charge >= 0.3 is 0 Å². The number of rotatable bonds is 3. The van der Waals surface area contributed by atoms with E-state index in [4.69, 9.17) is 4.74 Å². The summed E-state index contributed by atoms with van der Waals surface area (Å²) in [5.74, 6) is 1.22. The Labute approximate surface area is 123 Å². The predicted molar refractivity (Wildman–Crippen MR) is 83.2 cm³/mol. The molecule has 20 heavy (non-hydrogen) atoms. The van der Waals surface area contributed by atoms with Crippen LogP contribution in [-0.2, 0) is 0 Å². The van der Waals surface area contributed by atoms with Gasteiger partial charge in [-0.3, -0.25) is 0 Å². The second-order valence-electron chi connectivity index (χ2n) is 6.25. The zero-order chi connectivity index (χ0) is 14.5. The fraction of sp³-hybridized carbons (Fsp3) is 0.667. The monoisotopic (exact) mass is 276 g/mol. The van der Waals surface area contributed by atoms with Gasteiger partial charge in [0.15, 0.2) is 0 Å². The molecular weight excluding hydrogens is 248 g/mol. The van der Waals surface area contributed by atoms with Gasteiger partial charge in [0, 0.05) is 5.56 Å². The molecule has 0 aromatic heterocycles. The van der Waals surface area contributed by atoms with E-state index in [0.717, 1.165) is 29.7 Å². The van der Waals surface area contributed by atoms with E-state index in [9.17, 15) is 5.11 Å². The van der Waals surface area contributed by atoms with Gasteiger partial charge in [0.2, 0.25) is 0 Å². The predicted octanol–water partition coefficient (Wildman–Crippen LogP) is 4.71. The molecule has 0 saturated heterocycles. The highest BCUT2D eigenvalue weighted by Gasteiger charge is 2.25. The second-order valence-corrected chi connectivity index (χ2v) is 6.25. The molecule has 2 heteroatoms. The maximum atomic E-state index is 10.9. The maximum absolute atomic E-state index is 10.9. The molecule has 1 aromatic carbocycles. The molecule has 1 N–H and O–H groups in total. The molecule has 1 atom stereocenters. The van der Waals surface area contributed by atoms with E-state index in [-0.39, 0.29) is 6.10 Å². The maximum Gasteiger partial charge on any atom is 0.125 e. The van der Waals surface area contributed by atoms with Crippen LogP contribution in [0.1, 0.15) is 67.7 Å². The van der Waals surface area contributed by atoms with Crippen molar-refractivity contribution in [1.29, 1.82) is 0 Å². The van der Waals surface area contributed by atoms with Crippen molar-refractivity contribution in [3.63, 3.8) is 0 Å².